The number of hydrogen-bond donors (Lipinski definition) is 1. The highest BCUT2D eigenvalue weighted by Crippen LogP contribution is 2.11. The third-order valence-corrected chi connectivity index (χ3v) is 1.79. The summed E-state index contributed by atoms with van der Waals surface area (Å²) < 4.78 is 0. The standard InChI is InChI=1S/C10H18O2/c1-4-5-6-7-9(8(2)3)10(11)12/h7-8H,4-6H2,1-3H3,(H,11,12)/b9-7+. The summed E-state index contributed by atoms with van der Waals surface area (Å²) in [5, 5.41) is 8.77. The largest absolute Gasteiger partial charge is 0.478 e. The van der Waals surface area contributed by atoms with Gasteiger partial charge in [-0.25, -0.2) is 4.79 Å². The topological polar surface area (TPSA) is 37.3 Å². The van der Waals surface area contributed by atoms with Crippen molar-refractivity contribution in [1.29, 1.82) is 0 Å². The molecule has 0 fully saturated rings. The second-order valence-electron chi connectivity index (χ2n) is 3.26. The van der Waals surface area contributed by atoms with E-state index in [1.54, 1.807) is 0 Å². The van der Waals surface area contributed by atoms with Crippen LogP contribution in [0.4, 0.5) is 0 Å². The van der Waals surface area contributed by atoms with Crippen LogP contribution in [0.2, 0.25) is 0 Å². The van der Waals surface area contributed by atoms with Crippen molar-refractivity contribution < 1.29 is 9.90 Å². The fourth-order valence-electron chi connectivity index (χ4n) is 1.03. The van der Waals surface area contributed by atoms with Gasteiger partial charge in [0.25, 0.3) is 0 Å². The minimum absolute atomic E-state index is 0.124. The van der Waals surface area contributed by atoms with Crippen molar-refractivity contribution >= 4 is 5.97 Å². The van der Waals surface area contributed by atoms with Gasteiger partial charge in [-0.2, -0.15) is 0 Å². The molecule has 0 aliphatic heterocycles. The van der Waals surface area contributed by atoms with Crippen molar-refractivity contribution in [3.05, 3.63) is 11.6 Å². The molecule has 0 saturated carbocycles. The monoisotopic (exact) mass is 170 g/mol. The second kappa shape index (κ2) is 5.81. The molecule has 1 N–H and O–H groups in total. The van der Waals surface area contributed by atoms with E-state index in [2.05, 4.69) is 6.92 Å². The predicted octanol–water partition coefficient (Wildman–Crippen LogP) is 2.84. The summed E-state index contributed by atoms with van der Waals surface area (Å²) in [4.78, 5) is 10.7. The summed E-state index contributed by atoms with van der Waals surface area (Å²) in [6.45, 7) is 5.92. The molecular weight excluding hydrogens is 152 g/mol. The van der Waals surface area contributed by atoms with Crippen LogP contribution in [0.1, 0.15) is 40.0 Å². The Morgan fingerprint density at radius 2 is 2.08 bits per heavy atom. The number of unbranched alkanes of at least 4 members (excludes halogenated alkanes) is 2. The molecule has 0 spiro atoms. The van der Waals surface area contributed by atoms with Crippen molar-refractivity contribution in [1.82, 2.24) is 0 Å². The van der Waals surface area contributed by atoms with Gasteiger partial charge in [0.05, 0.1) is 0 Å². The van der Waals surface area contributed by atoms with Crippen LogP contribution in [-0.2, 0) is 4.79 Å². The number of rotatable bonds is 5. The van der Waals surface area contributed by atoms with E-state index in [-0.39, 0.29) is 5.92 Å². The van der Waals surface area contributed by atoms with E-state index >= 15 is 0 Å². The van der Waals surface area contributed by atoms with Crippen LogP contribution in [0.25, 0.3) is 0 Å². The van der Waals surface area contributed by atoms with Gasteiger partial charge in [0.1, 0.15) is 0 Å². The molecule has 0 bridgehead atoms. The van der Waals surface area contributed by atoms with Crippen LogP contribution >= 0.6 is 0 Å². The smallest absolute Gasteiger partial charge is 0.331 e. The van der Waals surface area contributed by atoms with Gasteiger partial charge in [-0.15, -0.1) is 0 Å². The van der Waals surface area contributed by atoms with E-state index in [0.717, 1.165) is 19.3 Å². The Labute approximate surface area is 74.3 Å². The lowest BCUT2D eigenvalue weighted by Crippen LogP contribution is -2.06. The quantitative estimate of drug-likeness (QED) is 0.509. The number of carboxylic acid groups (broad SMARTS) is 1. The lowest BCUT2D eigenvalue weighted by Gasteiger charge is -2.05. The molecule has 0 amide bonds. The number of carbonyl (C=O) groups is 1. The molecule has 0 atom stereocenters. The SMILES string of the molecule is CCCC/C=C(/C(=O)O)C(C)C. The Bertz CT molecular complexity index is 169. The highest BCUT2D eigenvalue weighted by Gasteiger charge is 2.09. The molecule has 0 saturated heterocycles. The van der Waals surface area contributed by atoms with Crippen molar-refractivity contribution in [2.75, 3.05) is 0 Å². The minimum atomic E-state index is -0.777. The van der Waals surface area contributed by atoms with Gasteiger partial charge in [-0.3, -0.25) is 0 Å². The van der Waals surface area contributed by atoms with Gasteiger partial charge in [0, 0.05) is 5.57 Å². The molecule has 0 aliphatic carbocycles. The Hall–Kier alpha value is -0.790. The molecule has 0 aromatic heterocycles. The van der Waals surface area contributed by atoms with Gasteiger partial charge in [0.15, 0.2) is 0 Å². The maximum absolute atomic E-state index is 10.7. The van der Waals surface area contributed by atoms with Crippen LogP contribution in [0.5, 0.6) is 0 Å². The second-order valence-corrected chi connectivity index (χ2v) is 3.26. The molecule has 0 rings (SSSR count). The van der Waals surface area contributed by atoms with Crippen molar-refractivity contribution in [3.8, 4) is 0 Å². The van der Waals surface area contributed by atoms with Crippen molar-refractivity contribution in [3.63, 3.8) is 0 Å². The zero-order chi connectivity index (χ0) is 9.56. The molecule has 0 heterocycles. The Kier molecular flexibility index (Phi) is 5.43. The predicted molar refractivity (Wildman–Crippen MR) is 50.1 cm³/mol. The van der Waals surface area contributed by atoms with Crippen LogP contribution in [0.3, 0.4) is 0 Å². The van der Waals surface area contributed by atoms with Crippen molar-refractivity contribution in [2.45, 2.75) is 40.0 Å². The lowest BCUT2D eigenvalue weighted by molar-refractivity contribution is -0.133. The van der Waals surface area contributed by atoms with E-state index < -0.39 is 5.97 Å². The molecule has 0 aromatic rings. The Morgan fingerprint density at radius 1 is 1.50 bits per heavy atom. The van der Waals surface area contributed by atoms with E-state index in [1.807, 2.05) is 19.9 Å². The van der Waals surface area contributed by atoms with Gasteiger partial charge < -0.3 is 5.11 Å². The molecule has 0 unspecified atom stereocenters. The summed E-state index contributed by atoms with van der Waals surface area (Å²) in [6.07, 6.45) is 4.91. The molecule has 2 heteroatoms. The molecule has 0 radical (unpaired) electrons. The fraction of sp³-hybridized carbons (Fsp3) is 0.700. The first-order valence-corrected chi connectivity index (χ1v) is 4.53. The fourth-order valence-corrected chi connectivity index (χ4v) is 1.03. The molecule has 70 valence electrons. The Morgan fingerprint density at radius 3 is 2.42 bits per heavy atom. The highest BCUT2D eigenvalue weighted by molar-refractivity contribution is 5.86. The zero-order valence-corrected chi connectivity index (χ0v) is 8.13. The zero-order valence-electron chi connectivity index (χ0n) is 8.13. The summed E-state index contributed by atoms with van der Waals surface area (Å²) in [5.74, 6) is -0.652. The van der Waals surface area contributed by atoms with Gasteiger partial charge in [-0.05, 0) is 12.3 Å². The average Bonchev–Trinajstić information content (AvgIpc) is 1.96. The maximum Gasteiger partial charge on any atom is 0.331 e. The van der Waals surface area contributed by atoms with Crippen LogP contribution in [0, 0.1) is 5.92 Å². The number of carboxylic acids is 1. The van der Waals surface area contributed by atoms with E-state index in [4.69, 9.17) is 5.11 Å². The number of aliphatic carboxylic acids is 1. The summed E-state index contributed by atoms with van der Waals surface area (Å²) in [7, 11) is 0. The lowest BCUT2D eigenvalue weighted by atomic mass is 10.0. The molecule has 12 heavy (non-hydrogen) atoms. The first-order chi connectivity index (χ1) is 5.59. The molecule has 0 aromatic carbocycles. The van der Waals surface area contributed by atoms with Gasteiger partial charge in [-0.1, -0.05) is 39.7 Å². The normalized spacial score (nSPS) is 12.2. The summed E-state index contributed by atoms with van der Waals surface area (Å²) in [5.41, 5.74) is 0.545. The average molecular weight is 170 g/mol. The van der Waals surface area contributed by atoms with E-state index in [0.29, 0.717) is 5.57 Å². The van der Waals surface area contributed by atoms with Crippen LogP contribution < -0.4 is 0 Å². The molecule has 2 nitrogen and oxygen atoms in total. The van der Waals surface area contributed by atoms with Crippen molar-refractivity contribution in [2.24, 2.45) is 5.92 Å². The third-order valence-electron chi connectivity index (χ3n) is 1.79. The minimum Gasteiger partial charge on any atom is -0.478 e. The van der Waals surface area contributed by atoms with Crippen LogP contribution in [-0.4, -0.2) is 11.1 Å². The van der Waals surface area contributed by atoms with E-state index in [1.165, 1.54) is 0 Å². The first kappa shape index (κ1) is 11.2. The number of hydrogen-bond acceptors (Lipinski definition) is 1. The molecular formula is C10H18O2. The number of allylic oxidation sites excluding steroid dienone is 1. The summed E-state index contributed by atoms with van der Waals surface area (Å²) >= 11 is 0. The highest BCUT2D eigenvalue weighted by atomic mass is 16.4. The van der Waals surface area contributed by atoms with Gasteiger partial charge in [0.2, 0.25) is 0 Å². The molecule has 0 aliphatic rings. The first-order valence-electron chi connectivity index (χ1n) is 4.53. The van der Waals surface area contributed by atoms with Gasteiger partial charge >= 0.3 is 5.97 Å². The third kappa shape index (κ3) is 4.16. The Balaban J connectivity index is 4.10. The summed E-state index contributed by atoms with van der Waals surface area (Å²) in [6, 6.07) is 0. The van der Waals surface area contributed by atoms with E-state index in [9.17, 15) is 4.79 Å². The maximum atomic E-state index is 10.7. The van der Waals surface area contributed by atoms with Crippen LogP contribution in [0.15, 0.2) is 11.6 Å².